The monoisotopic (exact) mass is 291 g/mol. The lowest BCUT2D eigenvalue weighted by Crippen LogP contribution is -2.02. The molecule has 22 heavy (non-hydrogen) atoms. The summed E-state index contributed by atoms with van der Waals surface area (Å²) in [6, 6.07) is 14.8. The molecule has 110 valence electrons. The molecule has 0 fully saturated rings. The van der Waals surface area contributed by atoms with Gasteiger partial charge in [0.2, 0.25) is 5.78 Å². The minimum absolute atomic E-state index is 0.113. The van der Waals surface area contributed by atoms with E-state index in [4.69, 9.17) is 4.74 Å². The van der Waals surface area contributed by atoms with Gasteiger partial charge in [-0.25, -0.2) is 0 Å². The fourth-order valence-electron chi connectivity index (χ4n) is 2.14. The number of methoxy groups -OCH3 is 1. The van der Waals surface area contributed by atoms with Gasteiger partial charge >= 0.3 is 0 Å². The molecule has 0 unspecified atom stereocenters. The lowest BCUT2D eigenvalue weighted by molar-refractivity contribution is 0.103. The maximum atomic E-state index is 12.5. The Morgan fingerprint density at radius 1 is 1.18 bits per heavy atom. The van der Waals surface area contributed by atoms with Crippen LogP contribution in [0.1, 0.15) is 27.0 Å². The molecule has 0 atom stereocenters. The van der Waals surface area contributed by atoms with E-state index in [1.54, 1.807) is 37.5 Å². The normalized spacial score (nSPS) is 10.9. The highest BCUT2D eigenvalue weighted by molar-refractivity contribution is 6.14. The fraction of sp³-hybridized carbons (Fsp3) is 0.158. The molecule has 3 heteroatoms. The molecule has 0 amide bonds. The molecule has 0 bridgehead atoms. The average Bonchev–Trinajstić information content (AvgIpc) is 2.55. The van der Waals surface area contributed by atoms with Crippen molar-refractivity contribution in [2.45, 2.75) is 13.8 Å². The van der Waals surface area contributed by atoms with Crippen molar-refractivity contribution < 1.29 is 9.53 Å². The van der Waals surface area contributed by atoms with Crippen molar-refractivity contribution in [1.82, 2.24) is 0 Å². The Kier molecular flexibility index (Phi) is 4.75. The van der Waals surface area contributed by atoms with Crippen LogP contribution in [-0.2, 0) is 0 Å². The van der Waals surface area contributed by atoms with Gasteiger partial charge in [0.1, 0.15) is 17.4 Å². The first-order valence-electron chi connectivity index (χ1n) is 6.93. The van der Waals surface area contributed by atoms with Crippen molar-refractivity contribution in [1.29, 1.82) is 5.26 Å². The number of carbonyl (C=O) groups excluding carboxylic acids is 1. The molecule has 0 aliphatic rings. The molecular formula is C19H17NO2. The number of carbonyl (C=O) groups is 1. The van der Waals surface area contributed by atoms with Crippen molar-refractivity contribution in [3.05, 3.63) is 70.3 Å². The van der Waals surface area contributed by atoms with Crippen LogP contribution in [0.15, 0.2) is 48.0 Å². The molecule has 0 saturated carbocycles. The number of benzene rings is 2. The third-order valence-corrected chi connectivity index (χ3v) is 3.43. The Balaban J connectivity index is 2.43. The maximum Gasteiger partial charge on any atom is 0.203 e. The van der Waals surface area contributed by atoms with Crippen LogP contribution in [-0.4, -0.2) is 12.9 Å². The summed E-state index contributed by atoms with van der Waals surface area (Å²) in [7, 11) is 1.54. The zero-order valence-corrected chi connectivity index (χ0v) is 12.9. The van der Waals surface area contributed by atoms with Gasteiger partial charge in [-0.3, -0.25) is 4.79 Å². The van der Waals surface area contributed by atoms with Gasteiger partial charge in [0.25, 0.3) is 0 Å². The highest BCUT2D eigenvalue weighted by Gasteiger charge is 2.13. The van der Waals surface area contributed by atoms with Gasteiger partial charge in [0, 0.05) is 5.56 Å². The standard InChI is InChI=1S/C19H17NO2/c1-13-7-8-14(2)16(9-13)10-17(12-20)19(21)15-5-4-6-18(11-15)22-3/h4-11H,1-3H3. The van der Waals surface area contributed by atoms with E-state index in [9.17, 15) is 10.1 Å². The van der Waals surface area contributed by atoms with Gasteiger partial charge in [0.15, 0.2) is 0 Å². The molecular weight excluding hydrogens is 274 g/mol. The van der Waals surface area contributed by atoms with Crippen LogP contribution in [0, 0.1) is 25.2 Å². The number of nitriles is 1. The number of hydrogen-bond acceptors (Lipinski definition) is 3. The fourth-order valence-corrected chi connectivity index (χ4v) is 2.14. The van der Waals surface area contributed by atoms with Gasteiger partial charge < -0.3 is 4.74 Å². The summed E-state index contributed by atoms with van der Waals surface area (Å²) in [6.07, 6.45) is 1.64. The van der Waals surface area contributed by atoms with Gasteiger partial charge in [0.05, 0.1) is 7.11 Å². The molecule has 2 aromatic rings. The summed E-state index contributed by atoms with van der Waals surface area (Å²) in [5.41, 5.74) is 3.55. The van der Waals surface area contributed by atoms with Crippen LogP contribution < -0.4 is 4.74 Å². The van der Waals surface area contributed by atoms with E-state index >= 15 is 0 Å². The SMILES string of the molecule is COc1cccc(C(=O)C(C#N)=Cc2cc(C)ccc2C)c1. The Morgan fingerprint density at radius 3 is 2.64 bits per heavy atom. The molecule has 2 rings (SSSR count). The quantitative estimate of drug-likeness (QED) is 0.484. The first-order chi connectivity index (χ1) is 10.5. The van der Waals surface area contributed by atoms with Crippen LogP contribution in [0.25, 0.3) is 6.08 Å². The molecule has 0 radical (unpaired) electrons. The van der Waals surface area contributed by atoms with Crippen molar-refractivity contribution in [2.24, 2.45) is 0 Å². The molecule has 3 nitrogen and oxygen atoms in total. The summed E-state index contributed by atoms with van der Waals surface area (Å²) >= 11 is 0. The van der Waals surface area contributed by atoms with E-state index in [2.05, 4.69) is 0 Å². The highest BCUT2D eigenvalue weighted by Crippen LogP contribution is 2.19. The van der Waals surface area contributed by atoms with Crippen molar-refractivity contribution in [3.63, 3.8) is 0 Å². The van der Waals surface area contributed by atoms with Gasteiger partial charge in [-0.15, -0.1) is 0 Å². The third kappa shape index (κ3) is 3.42. The molecule has 2 aromatic carbocycles. The zero-order chi connectivity index (χ0) is 16.1. The Labute approximate surface area is 130 Å². The lowest BCUT2D eigenvalue weighted by atomic mass is 9.99. The minimum atomic E-state index is -0.303. The Hall–Kier alpha value is -2.86. The molecule has 0 aliphatic carbocycles. The summed E-state index contributed by atoms with van der Waals surface area (Å²) < 4.78 is 5.12. The molecule has 0 aromatic heterocycles. The first kappa shape index (κ1) is 15.5. The van der Waals surface area contributed by atoms with Crippen LogP contribution >= 0.6 is 0 Å². The smallest absolute Gasteiger partial charge is 0.203 e. The molecule has 0 saturated heterocycles. The van der Waals surface area contributed by atoms with E-state index < -0.39 is 0 Å². The number of allylic oxidation sites excluding steroid dienone is 1. The molecule has 0 N–H and O–H groups in total. The maximum absolute atomic E-state index is 12.5. The topological polar surface area (TPSA) is 50.1 Å². The Bertz CT molecular complexity index is 782. The van der Waals surface area contributed by atoms with Gasteiger partial charge in [-0.05, 0) is 43.2 Å². The van der Waals surface area contributed by atoms with Gasteiger partial charge in [-0.2, -0.15) is 5.26 Å². The number of Topliss-reactive ketones (excluding diaryl/α,β-unsaturated/α-hetero) is 1. The van der Waals surface area contributed by atoms with E-state index in [0.717, 1.165) is 16.7 Å². The number of nitrogens with zero attached hydrogens (tertiary/aromatic N) is 1. The van der Waals surface area contributed by atoms with Crippen molar-refractivity contribution >= 4 is 11.9 Å². The summed E-state index contributed by atoms with van der Waals surface area (Å²) in [5.74, 6) is 0.289. The summed E-state index contributed by atoms with van der Waals surface area (Å²) in [5, 5.41) is 9.34. The number of ketones is 1. The second-order valence-corrected chi connectivity index (χ2v) is 5.09. The first-order valence-corrected chi connectivity index (χ1v) is 6.93. The minimum Gasteiger partial charge on any atom is -0.497 e. The molecule has 0 spiro atoms. The lowest BCUT2D eigenvalue weighted by Gasteiger charge is -2.05. The number of rotatable bonds is 4. The van der Waals surface area contributed by atoms with Crippen molar-refractivity contribution in [3.8, 4) is 11.8 Å². The van der Waals surface area contributed by atoms with Crippen LogP contribution in [0.2, 0.25) is 0 Å². The summed E-state index contributed by atoms with van der Waals surface area (Å²) in [6.45, 7) is 3.93. The number of ether oxygens (including phenoxy) is 1. The zero-order valence-electron chi connectivity index (χ0n) is 12.9. The molecule has 0 heterocycles. The summed E-state index contributed by atoms with van der Waals surface area (Å²) in [4.78, 5) is 12.5. The van der Waals surface area contributed by atoms with E-state index in [1.165, 1.54) is 0 Å². The van der Waals surface area contributed by atoms with E-state index in [0.29, 0.717) is 11.3 Å². The molecule has 0 aliphatic heterocycles. The predicted octanol–water partition coefficient (Wildman–Crippen LogP) is 4.10. The van der Waals surface area contributed by atoms with E-state index in [-0.39, 0.29) is 11.4 Å². The largest absolute Gasteiger partial charge is 0.497 e. The van der Waals surface area contributed by atoms with E-state index in [1.807, 2.05) is 38.1 Å². The van der Waals surface area contributed by atoms with Crippen molar-refractivity contribution in [2.75, 3.05) is 7.11 Å². The second-order valence-electron chi connectivity index (χ2n) is 5.09. The Morgan fingerprint density at radius 2 is 1.95 bits per heavy atom. The van der Waals surface area contributed by atoms with Gasteiger partial charge in [-0.1, -0.05) is 35.9 Å². The third-order valence-electron chi connectivity index (χ3n) is 3.43. The van der Waals surface area contributed by atoms with Crippen LogP contribution in [0.4, 0.5) is 0 Å². The average molecular weight is 291 g/mol. The number of aryl methyl sites for hydroxylation is 2. The highest BCUT2D eigenvalue weighted by atomic mass is 16.5. The number of hydrogen-bond donors (Lipinski definition) is 0. The predicted molar refractivity (Wildman–Crippen MR) is 86.8 cm³/mol. The van der Waals surface area contributed by atoms with Crippen LogP contribution in [0.5, 0.6) is 5.75 Å². The second kappa shape index (κ2) is 6.73. The van der Waals surface area contributed by atoms with Crippen LogP contribution in [0.3, 0.4) is 0 Å².